The zero-order valence-electron chi connectivity index (χ0n) is 19.5. The van der Waals surface area contributed by atoms with Gasteiger partial charge in [-0.05, 0) is 38.0 Å². The van der Waals surface area contributed by atoms with Crippen LogP contribution in [0.2, 0.25) is 0 Å². The van der Waals surface area contributed by atoms with Crippen molar-refractivity contribution in [1.82, 2.24) is 24.9 Å². The Labute approximate surface area is 194 Å². The minimum absolute atomic E-state index is 0.101. The van der Waals surface area contributed by atoms with Crippen LogP contribution >= 0.6 is 0 Å². The van der Waals surface area contributed by atoms with Crippen LogP contribution in [-0.4, -0.2) is 62.2 Å². The number of aliphatic hydroxyl groups excluding tert-OH is 1. The van der Waals surface area contributed by atoms with Gasteiger partial charge in [0.05, 0.1) is 49.0 Å². The van der Waals surface area contributed by atoms with Crippen molar-refractivity contribution in [3.63, 3.8) is 0 Å². The molecule has 4 rings (SSSR count). The quantitative estimate of drug-likeness (QED) is 0.610. The highest BCUT2D eigenvalue weighted by molar-refractivity contribution is 5.97. The summed E-state index contributed by atoms with van der Waals surface area (Å²) in [6.07, 6.45) is 5.27. The number of hydrogen-bond acceptors (Lipinski definition) is 7. The second kappa shape index (κ2) is 11.4. The van der Waals surface area contributed by atoms with Crippen molar-refractivity contribution in [2.24, 2.45) is 0 Å². The number of nitrogens with zero attached hydrogens (tertiary/aromatic N) is 5. The van der Waals surface area contributed by atoms with Crippen LogP contribution in [0.5, 0.6) is 11.6 Å². The lowest BCUT2D eigenvalue weighted by atomic mass is 10.1. The maximum absolute atomic E-state index is 13.3. The Balaban J connectivity index is 0.00000149. The molecule has 0 radical (unpaired) electrons. The number of methoxy groups -OCH3 is 1. The van der Waals surface area contributed by atoms with Gasteiger partial charge in [0.15, 0.2) is 0 Å². The number of para-hydroxylation sites is 1. The van der Waals surface area contributed by atoms with E-state index in [4.69, 9.17) is 9.47 Å². The number of aromatic nitrogens is 4. The number of carbonyl (C=O) groups is 1. The third-order valence-electron chi connectivity index (χ3n) is 5.26. The van der Waals surface area contributed by atoms with Crippen molar-refractivity contribution in [2.75, 3.05) is 20.2 Å². The zero-order valence-corrected chi connectivity index (χ0v) is 19.5. The number of piperidine rings is 1. The fraction of sp³-hybridized carbons (Fsp3) is 0.417. The molecule has 1 fully saturated rings. The third-order valence-corrected chi connectivity index (χ3v) is 5.26. The van der Waals surface area contributed by atoms with E-state index in [0.717, 1.165) is 12.8 Å². The molecule has 9 heteroatoms. The number of benzene rings is 1. The number of ether oxygens (including phenoxy) is 2. The summed E-state index contributed by atoms with van der Waals surface area (Å²) in [6, 6.07) is 8.96. The van der Waals surface area contributed by atoms with Crippen molar-refractivity contribution >= 4 is 5.91 Å². The molecule has 2 atom stereocenters. The Morgan fingerprint density at radius 1 is 1.15 bits per heavy atom. The van der Waals surface area contributed by atoms with Crippen LogP contribution in [0.1, 0.15) is 55.6 Å². The molecule has 2 aromatic heterocycles. The summed E-state index contributed by atoms with van der Waals surface area (Å²) in [5, 5.41) is 18.5. The molecular weight excluding hydrogens is 422 g/mol. The van der Waals surface area contributed by atoms with E-state index in [1.807, 2.05) is 32.0 Å². The Hall–Kier alpha value is -3.46. The van der Waals surface area contributed by atoms with Crippen molar-refractivity contribution < 1.29 is 19.4 Å². The van der Waals surface area contributed by atoms with Crippen LogP contribution in [0.4, 0.5) is 0 Å². The molecule has 0 saturated carbocycles. The lowest BCUT2D eigenvalue weighted by Crippen LogP contribution is -2.44. The van der Waals surface area contributed by atoms with Gasteiger partial charge in [0.1, 0.15) is 11.9 Å². The molecule has 3 aromatic rings. The van der Waals surface area contributed by atoms with Crippen LogP contribution in [0, 0.1) is 0 Å². The van der Waals surface area contributed by atoms with Gasteiger partial charge in [-0.1, -0.05) is 26.0 Å². The van der Waals surface area contributed by atoms with Crippen molar-refractivity contribution in [2.45, 2.75) is 45.8 Å². The van der Waals surface area contributed by atoms with E-state index >= 15 is 0 Å². The van der Waals surface area contributed by atoms with Crippen molar-refractivity contribution in [3.8, 4) is 17.3 Å². The van der Waals surface area contributed by atoms with Gasteiger partial charge in [-0.3, -0.25) is 4.79 Å². The van der Waals surface area contributed by atoms with Gasteiger partial charge in [-0.2, -0.15) is 15.0 Å². The Kier molecular flexibility index (Phi) is 8.37. The molecule has 1 aromatic carbocycles. The van der Waals surface area contributed by atoms with E-state index in [9.17, 15) is 9.90 Å². The van der Waals surface area contributed by atoms with Gasteiger partial charge < -0.3 is 19.5 Å². The van der Waals surface area contributed by atoms with E-state index in [1.165, 1.54) is 11.9 Å². The van der Waals surface area contributed by atoms with Gasteiger partial charge in [0.25, 0.3) is 5.91 Å². The van der Waals surface area contributed by atoms with Crippen molar-refractivity contribution in [3.05, 3.63) is 60.0 Å². The number of amides is 1. The number of pyridine rings is 1. The predicted octanol–water partition coefficient (Wildman–Crippen LogP) is 3.43. The molecule has 1 amide bonds. The summed E-state index contributed by atoms with van der Waals surface area (Å²) in [4.78, 5) is 20.8. The average Bonchev–Trinajstić information content (AvgIpc) is 3.39. The number of rotatable bonds is 6. The van der Waals surface area contributed by atoms with Crippen LogP contribution in [-0.2, 0) is 0 Å². The average molecular weight is 454 g/mol. The largest absolute Gasteiger partial charge is 0.496 e. The first-order valence-corrected chi connectivity index (χ1v) is 11.2. The molecule has 2 unspecified atom stereocenters. The van der Waals surface area contributed by atoms with Gasteiger partial charge in [0, 0.05) is 12.7 Å². The molecule has 3 heterocycles. The minimum atomic E-state index is -0.798. The summed E-state index contributed by atoms with van der Waals surface area (Å²) in [6.45, 7) is 6.69. The van der Waals surface area contributed by atoms with Gasteiger partial charge in [0.2, 0.25) is 5.88 Å². The number of carbonyl (C=O) groups excluding carboxylic acids is 1. The fourth-order valence-electron chi connectivity index (χ4n) is 3.81. The van der Waals surface area contributed by atoms with Gasteiger partial charge in [-0.15, -0.1) is 0 Å². The summed E-state index contributed by atoms with van der Waals surface area (Å²) in [5.41, 5.74) is 1.67. The van der Waals surface area contributed by atoms with E-state index < -0.39 is 6.10 Å². The van der Waals surface area contributed by atoms with E-state index in [1.54, 1.807) is 42.5 Å². The SMILES string of the molecule is CC.COc1ccnc(OC2CCCN(C(=O)c3ccccc3-n3nccn3)C2)c1C(C)O. The van der Waals surface area contributed by atoms with E-state index in [0.29, 0.717) is 41.5 Å². The lowest BCUT2D eigenvalue weighted by molar-refractivity contribution is 0.0515. The summed E-state index contributed by atoms with van der Waals surface area (Å²) < 4.78 is 11.5. The molecule has 33 heavy (non-hydrogen) atoms. The topological polar surface area (TPSA) is 103 Å². The van der Waals surface area contributed by atoms with Gasteiger partial charge in [-0.25, -0.2) is 4.98 Å². The van der Waals surface area contributed by atoms with Gasteiger partial charge >= 0.3 is 0 Å². The maximum atomic E-state index is 13.3. The molecule has 9 nitrogen and oxygen atoms in total. The predicted molar refractivity (Wildman–Crippen MR) is 124 cm³/mol. The molecule has 0 bridgehead atoms. The van der Waals surface area contributed by atoms with Crippen LogP contribution in [0.25, 0.3) is 5.69 Å². The second-order valence-corrected chi connectivity index (χ2v) is 7.38. The Bertz CT molecular complexity index is 1040. The van der Waals surface area contributed by atoms with E-state index in [2.05, 4.69) is 15.2 Å². The zero-order chi connectivity index (χ0) is 23.8. The highest BCUT2D eigenvalue weighted by atomic mass is 16.5. The number of likely N-dealkylation sites (tertiary alicyclic amines) is 1. The highest BCUT2D eigenvalue weighted by Crippen LogP contribution is 2.33. The first kappa shape index (κ1) is 24.2. The maximum Gasteiger partial charge on any atom is 0.256 e. The monoisotopic (exact) mass is 453 g/mol. The smallest absolute Gasteiger partial charge is 0.256 e. The number of aliphatic hydroxyl groups is 1. The first-order valence-electron chi connectivity index (χ1n) is 11.2. The molecular formula is C24H31N5O4. The summed E-state index contributed by atoms with van der Waals surface area (Å²) >= 11 is 0. The molecule has 1 saturated heterocycles. The highest BCUT2D eigenvalue weighted by Gasteiger charge is 2.29. The Morgan fingerprint density at radius 3 is 2.58 bits per heavy atom. The summed E-state index contributed by atoms with van der Waals surface area (Å²) in [5.74, 6) is 0.745. The fourth-order valence-corrected chi connectivity index (χ4v) is 3.81. The third kappa shape index (κ3) is 5.48. The minimum Gasteiger partial charge on any atom is -0.496 e. The second-order valence-electron chi connectivity index (χ2n) is 7.38. The standard InChI is InChI=1S/C22H25N5O4.C2H6/c1-15(28)20-19(30-2)9-10-23-21(20)31-16-6-5-13-26(14-16)22(29)17-7-3-4-8-18(17)27-24-11-12-25-27;1-2/h3-4,7-12,15-16,28H,5-6,13-14H2,1-2H3;1-2H3. The molecule has 1 aliphatic heterocycles. The first-order chi connectivity index (χ1) is 16.1. The normalized spacial score (nSPS) is 16.4. The number of hydrogen-bond donors (Lipinski definition) is 1. The molecule has 176 valence electrons. The van der Waals surface area contributed by atoms with Crippen LogP contribution < -0.4 is 9.47 Å². The molecule has 1 N–H and O–H groups in total. The van der Waals surface area contributed by atoms with Crippen molar-refractivity contribution in [1.29, 1.82) is 0 Å². The van der Waals surface area contributed by atoms with Crippen LogP contribution in [0.15, 0.2) is 48.9 Å². The Morgan fingerprint density at radius 2 is 1.88 bits per heavy atom. The molecule has 1 aliphatic rings. The lowest BCUT2D eigenvalue weighted by Gasteiger charge is -2.33. The van der Waals surface area contributed by atoms with Crippen LogP contribution in [0.3, 0.4) is 0 Å². The van der Waals surface area contributed by atoms with E-state index in [-0.39, 0.29) is 12.0 Å². The summed E-state index contributed by atoms with van der Waals surface area (Å²) in [7, 11) is 1.54. The molecule has 0 spiro atoms. The molecule has 0 aliphatic carbocycles.